The van der Waals surface area contributed by atoms with Crippen molar-refractivity contribution < 1.29 is 14.6 Å². The molecule has 70 valence electrons. The zero-order valence-corrected chi connectivity index (χ0v) is 7.65. The lowest BCUT2D eigenvalue weighted by atomic mass is 10.2. The van der Waals surface area contributed by atoms with E-state index in [1.54, 1.807) is 24.3 Å². The molecule has 0 amide bonds. The highest BCUT2D eigenvalue weighted by Crippen LogP contribution is 2.16. The zero-order chi connectivity index (χ0) is 9.90. The number of carbonyl (C=O) groups excluding carboxylic acids is 1. The maximum atomic E-state index is 10.4. The largest absolute Gasteiger partial charge is 0.463 e. The van der Waals surface area contributed by atoms with Crippen molar-refractivity contribution in [3.63, 3.8) is 0 Å². The number of hydrogen-bond acceptors (Lipinski definition) is 3. The van der Waals surface area contributed by atoms with Crippen LogP contribution in [0.2, 0.25) is 0 Å². The summed E-state index contributed by atoms with van der Waals surface area (Å²) in [4.78, 5) is 10.4. The van der Waals surface area contributed by atoms with Crippen molar-refractivity contribution in [2.45, 2.75) is 19.6 Å². The third-order valence-corrected chi connectivity index (χ3v) is 1.36. The fourth-order valence-electron chi connectivity index (χ4n) is 0.940. The molecule has 0 aliphatic rings. The molecule has 0 radical (unpaired) electrons. The van der Waals surface area contributed by atoms with E-state index in [-0.39, 0.29) is 0 Å². The van der Waals surface area contributed by atoms with E-state index in [1.807, 2.05) is 0 Å². The van der Waals surface area contributed by atoms with Gasteiger partial charge in [0, 0.05) is 19.4 Å². The predicted octanol–water partition coefficient (Wildman–Crippen LogP) is 1.61. The van der Waals surface area contributed by atoms with Gasteiger partial charge in [-0.1, -0.05) is 12.1 Å². The normalized spacial score (nSPS) is 11.0. The van der Waals surface area contributed by atoms with Crippen molar-refractivity contribution >= 4 is 6.29 Å². The Morgan fingerprint density at radius 2 is 2.15 bits per heavy atom. The number of ether oxygens (including phenoxy) is 1. The molecular formula is C10H12O3. The molecule has 0 fully saturated rings. The molecule has 0 heterocycles. The molecule has 13 heavy (non-hydrogen) atoms. The Kier molecular flexibility index (Phi) is 2.68. The molecule has 0 spiro atoms. The summed E-state index contributed by atoms with van der Waals surface area (Å²) in [6.45, 7) is 3.06. The predicted molar refractivity (Wildman–Crippen MR) is 48.8 cm³/mol. The fourth-order valence-corrected chi connectivity index (χ4v) is 0.940. The van der Waals surface area contributed by atoms with Crippen LogP contribution in [-0.2, 0) is 0 Å². The Balaban J connectivity index is 2.84. The van der Waals surface area contributed by atoms with Gasteiger partial charge in [-0.25, -0.2) is 0 Å². The van der Waals surface area contributed by atoms with Crippen molar-refractivity contribution in [2.24, 2.45) is 0 Å². The summed E-state index contributed by atoms with van der Waals surface area (Å²) in [5.74, 6) is -0.737. The number of hydrogen-bond donors (Lipinski definition) is 1. The lowest BCUT2D eigenvalue weighted by molar-refractivity contribution is -0.104. The second-order valence-electron chi connectivity index (χ2n) is 3.24. The first kappa shape index (κ1) is 9.74. The highest BCUT2D eigenvalue weighted by atomic mass is 16.6. The van der Waals surface area contributed by atoms with Gasteiger partial charge in [0.05, 0.1) is 0 Å². The van der Waals surface area contributed by atoms with E-state index in [4.69, 9.17) is 4.74 Å². The summed E-state index contributed by atoms with van der Waals surface area (Å²) < 4.78 is 5.14. The highest BCUT2D eigenvalue weighted by Gasteiger charge is 2.13. The van der Waals surface area contributed by atoms with Crippen molar-refractivity contribution in [2.75, 3.05) is 0 Å². The molecular weight excluding hydrogens is 168 g/mol. The summed E-state index contributed by atoms with van der Waals surface area (Å²) >= 11 is 0. The van der Waals surface area contributed by atoms with E-state index >= 15 is 0 Å². The Bertz CT molecular complexity index is 299. The van der Waals surface area contributed by atoms with Gasteiger partial charge >= 0.3 is 0 Å². The Labute approximate surface area is 77.0 Å². The third kappa shape index (κ3) is 3.25. The first-order chi connectivity index (χ1) is 6.01. The Morgan fingerprint density at radius 1 is 1.46 bits per heavy atom. The Morgan fingerprint density at radius 3 is 2.69 bits per heavy atom. The molecule has 3 nitrogen and oxygen atoms in total. The summed E-state index contributed by atoms with van der Waals surface area (Å²) in [5.41, 5.74) is 0.529. The summed E-state index contributed by atoms with van der Waals surface area (Å²) in [6, 6.07) is 6.63. The van der Waals surface area contributed by atoms with Crippen LogP contribution < -0.4 is 4.74 Å². The van der Waals surface area contributed by atoms with Crippen molar-refractivity contribution in [3.05, 3.63) is 29.8 Å². The summed E-state index contributed by atoms with van der Waals surface area (Å²) in [5, 5.41) is 9.32. The van der Waals surface area contributed by atoms with E-state index in [0.717, 1.165) is 6.29 Å². The number of aliphatic hydroxyl groups is 1. The molecule has 1 rings (SSSR count). The number of benzene rings is 1. The minimum atomic E-state index is -1.22. The first-order valence-corrected chi connectivity index (χ1v) is 3.98. The molecule has 0 saturated carbocycles. The van der Waals surface area contributed by atoms with E-state index in [1.165, 1.54) is 13.8 Å². The van der Waals surface area contributed by atoms with Crippen LogP contribution in [0.25, 0.3) is 0 Å². The van der Waals surface area contributed by atoms with E-state index in [2.05, 4.69) is 0 Å². The summed E-state index contributed by atoms with van der Waals surface area (Å²) in [6.07, 6.45) is 0.733. The van der Waals surface area contributed by atoms with Crippen LogP contribution in [-0.4, -0.2) is 17.2 Å². The monoisotopic (exact) mass is 180 g/mol. The van der Waals surface area contributed by atoms with Crippen LogP contribution in [0.4, 0.5) is 0 Å². The van der Waals surface area contributed by atoms with Gasteiger partial charge in [-0.2, -0.15) is 0 Å². The molecule has 3 heteroatoms. The topological polar surface area (TPSA) is 46.5 Å². The van der Waals surface area contributed by atoms with Crippen LogP contribution in [0.1, 0.15) is 24.2 Å². The molecule has 0 aliphatic carbocycles. The van der Waals surface area contributed by atoms with E-state index in [9.17, 15) is 9.90 Å². The van der Waals surface area contributed by atoms with Crippen molar-refractivity contribution in [1.29, 1.82) is 0 Å². The van der Waals surface area contributed by atoms with Gasteiger partial charge in [0.15, 0.2) is 0 Å². The standard InChI is InChI=1S/C10H12O3/c1-10(2,12)13-9-5-3-4-8(6-9)7-11/h3-7,12H,1-2H3. The van der Waals surface area contributed by atoms with Crippen LogP contribution >= 0.6 is 0 Å². The minimum Gasteiger partial charge on any atom is -0.463 e. The lowest BCUT2D eigenvalue weighted by Crippen LogP contribution is -2.26. The molecule has 0 aliphatic heterocycles. The maximum Gasteiger partial charge on any atom is 0.202 e. The van der Waals surface area contributed by atoms with Crippen LogP contribution in [0.5, 0.6) is 5.75 Å². The van der Waals surface area contributed by atoms with Crippen molar-refractivity contribution in [3.8, 4) is 5.75 Å². The SMILES string of the molecule is CC(C)(O)Oc1cccc(C=O)c1. The molecule has 1 N–H and O–H groups in total. The van der Waals surface area contributed by atoms with Crippen LogP contribution in [0, 0.1) is 0 Å². The van der Waals surface area contributed by atoms with E-state index < -0.39 is 5.79 Å². The maximum absolute atomic E-state index is 10.4. The second-order valence-corrected chi connectivity index (χ2v) is 3.24. The van der Waals surface area contributed by atoms with Gasteiger partial charge in [0.2, 0.25) is 5.79 Å². The smallest absolute Gasteiger partial charge is 0.202 e. The molecule has 0 atom stereocenters. The van der Waals surface area contributed by atoms with Crippen LogP contribution in [0.15, 0.2) is 24.3 Å². The second kappa shape index (κ2) is 3.58. The fraction of sp³-hybridized carbons (Fsp3) is 0.300. The molecule has 1 aromatic rings. The van der Waals surface area contributed by atoms with Crippen molar-refractivity contribution in [1.82, 2.24) is 0 Å². The lowest BCUT2D eigenvalue weighted by Gasteiger charge is -2.19. The quantitative estimate of drug-likeness (QED) is 0.567. The van der Waals surface area contributed by atoms with Crippen LogP contribution in [0.3, 0.4) is 0 Å². The minimum absolute atomic E-state index is 0.483. The molecule has 0 bridgehead atoms. The van der Waals surface area contributed by atoms with Gasteiger partial charge in [0.1, 0.15) is 12.0 Å². The van der Waals surface area contributed by atoms with Gasteiger partial charge in [-0.15, -0.1) is 0 Å². The molecule has 0 unspecified atom stereocenters. The summed E-state index contributed by atoms with van der Waals surface area (Å²) in [7, 11) is 0. The van der Waals surface area contributed by atoms with E-state index in [0.29, 0.717) is 11.3 Å². The number of aldehydes is 1. The molecule has 1 aromatic carbocycles. The first-order valence-electron chi connectivity index (χ1n) is 3.98. The van der Waals surface area contributed by atoms with Gasteiger partial charge in [0.25, 0.3) is 0 Å². The average molecular weight is 180 g/mol. The number of carbonyl (C=O) groups is 1. The average Bonchev–Trinajstić information content (AvgIpc) is 2.01. The highest BCUT2D eigenvalue weighted by molar-refractivity contribution is 5.75. The third-order valence-electron chi connectivity index (χ3n) is 1.36. The molecule has 0 aromatic heterocycles. The van der Waals surface area contributed by atoms with Gasteiger partial charge in [-0.3, -0.25) is 4.79 Å². The zero-order valence-electron chi connectivity index (χ0n) is 7.65. The Hall–Kier alpha value is -1.35. The molecule has 0 saturated heterocycles. The van der Waals surface area contributed by atoms with Gasteiger partial charge in [-0.05, 0) is 12.1 Å². The van der Waals surface area contributed by atoms with Gasteiger partial charge < -0.3 is 9.84 Å². The number of rotatable bonds is 3.